The summed E-state index contributed by atoms with van der Waals surface area (Å²) in [7, 11) is -3.94. The van der Waals surface area contributed by atoms with Crippen LogP contribution in [0.5, 0.6) is 11.5 Å². The number of carbonyl (C=O) groups is 1. The predicted molar refractivity (Wildman–Crippen MR) is 114 cm³/mol. The number of carbonyl (C=O) groups excluding carboxylic acids is 1. The Hall–Kier alpha value is -2.58. The summed E-state index contributed by atoms with van der Waals surface area (Å²) < 4.78 is 38.7. The van der Waals surface area contributed by atoms with E-state index in [1.165, 1.54) is 29.2 Å². The number of nitrogens with zero attached hydrogens (tertiary/aromatic N) is 1. The molecule has 1 saturated heterocycles. The van der Waals surface area contributed by atoms with Gasteiger partial charge in [-0.15, -0.1) is 0 Å². The van der Waals surface area contributed by atoms with E-state index in [-0.39, 0.29) is 40.0 Å². The lowest BCUT2D eigenvalue weighted by atomic mass is 9.85. The van der Waals surface area contributed by atoms with Gasteiger partial charge in [0.05, 0.1) is 11.5 Å². The van der Waals surface area contributed by atoms with E-state index in [0.717, 1.165) is 0 Å². The summed E-state index contributed by atoms with van der Waals surface area (Å²) in [4.78, 5) is 14.1. The van der Waals surface area contributed by atoms with Crippen molar-refractivity contribution >= 4 is 15.7 Å². The molecule has 0 bridgehead atoms. The molecule has 2 aliphatic heterocycles. The van der Waals surface area contributed by atoms with Gasteiger partial charge in [-0.05, 0) is 45.4 Å². The molecule has 7 nitrogen and oxygen atoms in total. The number of fused-ring (bicyclic) bond motifs is 1. The molecule has 2 heterocycles. The molecule has 0 spiro atoms. The summed E-state index contributed by atoms with van der Waals surface area (Å²) in [6, 6.07) is 11.0. The summed E-state index contributed by atoms with van der Waals surface area (Å²) in [6.45, 7) is 6.09. The van der Waals surface area contributed by atoms with Crippen molar-refractivity contribution in [2.75, 3.05) is 13.2 Å². The minimum atomic E-state index is -3.94. The molecule has 1 atom stereocenters. The number of rotatable bonds is 5. The Morgan fingerprint density at radius 1 is 1.19 bits per heavy atom. The van der Waals surface area contributed by atoms with E-state index >= 15 is 0 Å². The van der Waals surface area contributed by atoms with Crippen LogP contribution < -0.4 is 9.47 Å². The highest BCUT2D eigenvalue weighted by molar-refractivity contribution is 7.91. The smallest absolute Gasteiger partial charge is 0.225 e. The average molecular weight is 446 g/mol. The minimum Gasteiger partial charge on any atom is -0.492 e. The van der Waals surface area contributed by atoms with E-state index in [4.69, 9.17) is 9.47 Å². The average Bonchev–Trinajstić information content (AvgIpc) is 3.14. The third-order valence-electron chi connectivity index (χ3n) is 5.70. The van der Waals surface area contributed by atoms with Crippen LogP contribution in [-0.4, -0.2) is 43.1 Å². The fourth-order valence-corrected chi connectivity index (χ4v) is 5.87. The first-order chi connectivity index (χ1) is 14.6. The highest BCUT2D eigenvalue weighted by atomic mass is 32.2. The van der Waals surface area contributed by atoms with Crippen LogP contribution in [0, 0.1) is 0 Å². The molecule has 1 N–H and O–H groups in total. The lowest BCUT2D eigenvalue weighted by molar-refractivity contribution is -0.176. The molecule has 1 unspecified atom stereocenters. The maximum Gasteiger partial charge on any atom is 0.225 e. The molecular weight excluding hydrogens is 418 g/mol. The van der Waals surface area contributed by atoms with Crippen LogP contribution in [0.25, 0.3) is 0 Å². The number of amides is 1. The zero-order valence-corrected chi connectivity index (χ0v) is 18.7. The summed E-state index contributed by atoms with van der Waals surface area (Å²) in [5.41, 5.74) is -2.18. The zero-order valence-electron chi connectivity index (χ0n) is 17.9. The number of benzene rings is 2. The number of sulfone groups is 1. The molecule has 0 radical (unpaired) electrons. The van der Waals surface area contributed by atoms with E-state index in [2.05, 4.69) is 0 Å². The monoisotopic (exact) mass is 445 g/mol. The molecular formula is C23H27NO6S. The highest BCUT2D eigenvalue weighted by Crippen LogP contribution is 2.49. The van der Waals surface area contributed by atoms with Crippen molar-refractivity contribution in [3.05, 3.63) is 48.0 Å². The van der Waals surface area contributed by atoms with Crippen molar-refractivity contribution in [2.24, 2.45) is 0 Å². The van der Waals surface area contributed by atoms with Gasteiger partial charge in [0.1, 0.15) is 22.0 Å². The summed E-state index contributed by atoms with van der Waals surface area (Å²) in [5, 5.41) is 11.8. The Bertz CT molecular complexity index is 1110. The summed E-state index contributed by atoms with van der Waals surface area (Å²) in [6.07, 6.45) is 1.12. The normalized spacial score (nSPS) is 22.7. The Kier molecular flexibility index (Phi) is 5.26. The van der Waals surface area contributed by atoms with Gasteiger partial charge in [-0.2, -0.15) is 0 Å². The number of ether oxygens (including phenoxy) is 2. The van der Waals surface area contributed by atoms with Gasteiger partial charge in [-0.25, -0.2) is 8.42 Å². The van der Waals surface area contributed by atoms with E-state index in [1.807, 2.05) is 13.8 Å². The fraction of sp³-hybridized carbons (Fsp3) is 0.435. The third kappa shape index (κ3) is 3.68. The SMILES string of the molecule is CCOc1cc2c(cc1S(=O)(=O)c1ccccc1)C(O)(N1CCCC1=O)CC(C)(C)O2. The standard InChI is InChI=1S/C23H27NO6S/c1-4-29-19-14-18-17(13-20(19)31(27,28)16-9-6-5-7-10-16)23(26,15-22(2,3)30-18)24-12-8-11-21(24)25/h5-7,9-10,13-14,26H,4,8,11-12,15H2,1-3H3. The van der Waals surface area contributed by atoms with Gasteiger partial charge in [0, 0.05) is 31.0 Å². The van der Waals surface area contributed by atoms with E-state index in [9.17, 15) is 18.3 Å². The van der Waals surface area contributed by atoms with E-state index in [0.29, 0.717) is 25.1 Å². The largest absolute Gasteiger partial charge is 0.492 e. The second kappa shape index (κ2) is 7.53. The van der Waals surface area contributed by atoms with Crippen molar-refractivity contribution in [3.8, 4) is 11.5 Å². The zero-order chi connectivity index (χ0) is 22.4. The van der Waals surface area contributed by atoms with Crippen molar-refractivity contribution in [1.29, 1.82) is 0 Å². The van der Waals surface area contributed by atoms with Crippen molar-refractivity contribution in [3.63, 3.8) is 0 Å². The quantitative estimate of drug-likeness (QED) is 0.760. The molecule has 1 fully saturated rings. The molecule has 31 heavy (non-hydrogen) atoms. The molecule has 4 rings (SSSR count). The minimum absolute atomic E-state index is 0.0623. The Balaban J connectivity index is 1.96. The van der Waals surface area contributed by atoms with Crippen LogP contribution in [0.2, 0.25) is 0 Å². The topological polar surface area (TPSA) is 93.1 Å². The molecule has 1 amide bonds. The van der Waals surface area contributed by atoms with Gasteiger partial charge in [-0.1, -0.05) is 18.2 Å². The summed E-state index contributed by atoms with van der Waals surface area (Å²) in [5.74, 6) is 0.305. The second-order valence-corrected chi connectivity index (χ2v) is 10.5. The van der Waals surface area contributed by atoms with Crippen LogP contribution in [-0.2, 0) is 20.4 Å². The van der Waals surface area contributed by atoms with Crippen LogP contribution in [0.15, 0.2) is 52.3 Å². The summed E-state index contributed by atoms with van der Waals surface area (Å²) >= 11 is 0. The first-order valence-corrected chi connectivity index (χ1v) is 11.9. The number of likely N-dealkylation sites (tertiary alicyclic amines) is 1. The first-order valence-electron chi connectivity index (χ1n) is 10.4. The van der Waals surface area contributed by atoms with Crippen LogP contribution in [0.1, 0.15) is 45.6 Å². The molecule has 0 aromatic heterocycles. The molecule has 0 saturated carbocycles. The van der Waals surface area contributed by atoms with Gasteiger partial charge in [0.15, 0.2) is 5.72 Å². The molecule has 0 aliphatic carbocycles. The lowest BCUT2D eigenvalue weighted by Gasteiger charge is -2.47. The lowest BCUT2D eigenvalue weighted by Crippen LogP contribution is -2.54. The second-order valence-electron chi connectivity index (χ2n) is 8.55. The molecule has 8 heteroatoms. The van der Waals surface area contributed by atoms with E-state index < -0.39 is 21.2 Å². The van der Waals surface area contributed by atoms with Crippen LogP contribution >= 0.6 is 0 Å². The maximum atomic E-state index is 13.5. The van der Waals surface area contributed by atoms with Crippen molar-refractivity contribution in [2.45, 2.75) is 61.2 Å². The number of hydrogen-bond donors (Lipinski definition) is 1. The van der Waals surface area contributed by atoms with Gasteiger partial charge in [0.25, 0.3) is 0 Å². The highest BCUT2D eigenvalue weighted by Gasteiger charge is 2.51. The van der Waals surface area contributed by atoms with Crippen LogP contribution in [0.4, 0.5) is 0 Å². The van der Waals surface area contributed by atoms with Gasteiger partial charge >= 0.3 is 0 Å². The third-order valence-corrected chi connectivity index (χ3v) is 7.49. The number of aliphatic hydroxyl groups is 1. The Morgan fingerprint density at radius 3 is 2.52 bits per heavy atom. The van der Waals surface area contributed by atoms with Crippen molar-refractivity contribution < 1.29 is 27.8 Å². The Labute approximate surface area is 182 Å². The number of hydrogen-bond acceptors (Lipinski definition) is 6. The Morgan fingerprint density at radius 2 is 1.90 bits per heavy atom. The van der Waals surface area contributed by atoms with Crippen LogP contribution in [0.3, 0.4) is 0 Å². The molecule has 166 valence electrons. The van der Waals surface area contributed by atoms with Gasteiger partial charge in [-0.3, -0.25) is 4.79 Å². The molecule has 2 aromatic rings. The van der Waals surface area contributed by atoms with Gasteiger partial charge in [0.2, 0.25) is 15.7 Å². The van der Waals surface area contributed by atoms with E-state index in [1.54, 1.807) is 25.1 Å². The maximum absolute atomic E-state index is 13.5. The van der Waals surface area contributed by atoms with Crippen molar-refractivity contribution in [1.82, 2.24) is 4.90 Å². The molecule has 2 aromatic carbocycles. The molecule has 2 aliphatic rings. The fourth-order valence-electron chi connectivity index (χ4n) is 4.45. The predicted octanol–water partition coefficient (Wildman–Crippen LogP) is 3.25. The first kappa shape index (κ1) is 21.6. The van der Waals surface area contributed by atoms with Gasteiger partial charge < -0.3 is 19.5 Å².